The molecular formula is C15H15F2NO3. The van der Waals surface area contributed by atoms with Crippen LogP contribution in [0.1, 0.15) is 5.56 Å². The number of phenols is 1. The zero-order chi connectivity index (χ0) is 15.2. The predicted octanol–water partition coefficient (Wildman–Crippen LogP) is 3.61. The minimum Gasteiger partial charge on any atom is -0.508 e. The molecule has 0 aliphatic carbocycles. The number of nitrogens with one attached hydrogen (secondary N) is 1. The zero-order valence-electron chi connectivity index (χ0n) is 11.3. The van der Waals surface area contributed by atoms with Crippen molar-refractivity contribution in [3.05, 3.63) is 48.0 Å². The van der Waals surface area contributed by atoms with Gasteiger partial charge in [0.2, 0.25) is 0 Å². The first-order valence-electron chi connectivity index (χ1n) is 6.23. The van der Waals surface area contributed by atoms with E-state index in [9.17, 15) is 13.9 Å². The molecule has 2 N–H and O–H groups in total. The Morgan fingerprint density at radius 3 is 2.48 bits per heavy atom. The molecule has 0 aromatic heterocycles. The Morgan fingerprint density at radius 1 is 1.14 bits per heavy atom. The summed E-state index contributed by atoms with van der Waals surface area (Å²) in [7, 11) is 1.49. The van der Waals surface area contributed by atoms with Gasteiger partial charge in [-0.2, -0.15) is 8.78 Å². The van der Waals surface area contributed by atoms with E-state index < -0.39 is 6.61 Å². The average molecular weight is 295 g/mol. The average Bonchev–Trinajstić information content (AvgIpc) is 2.47. The molecule has 2 aromatic carbocycles. The van der Waals surface area contributed by atoms with Crippen molar-refractivity contribution in [3.63, 3.8) is 0 Å². The van der Waals surface area contributed by atoms with Gasteiger partial charge in [0, 0.05) is 12.6 Å². The van der Waals surface area contributed by atoms with Crippen molar-refractivity contribution in [1.29, 1.82) is 0 Å². The highest BCUT2D eigenvalue weighted by Gasteiger charge is 2.10. The number of halogens is 2. The van der Waals surface area contributed by atoms with Gasteiger partial charge in [-0.3, -0.25) is 0 Å². The number of phenolic OH excluding ortho intramolecular Hbond substituents is 1. The third-order valence-electron chi connectivity index (χ3n) is 2.82. The summed E-state index contributed by atoms with van der Waals surface area (Å²) in [6.45, 7) is -2.50. The van der Waals surface area contributed by atoms with Gasteiger partial charge in [-0.05, 0) is 29.8 Å². The molecule has 0 fully saturated rings. The van der Waals surface area contributed by atoms with Crippen LogP contribution in [-0.2, 0) is 6.54 Å². The lowest BCUT2D eigenvalue weighted by molar-refractivity contribution is -0.0494. The molecule has 0 saturated heterocycles. The second kappa shape index (κ2) is 6.78. The van der Waals surface area contributed by atoms with Crippen LogP contribution in [0.15, 0.2) is 42.5 Å². The number of hydrogen-bond donors (Lipinski definition) is 2. The lowest BCUT2D eigenvalue weighted by Crippen LogP contribution is -2.06. The second-order valence-corrected chi connectivity index (χ2v) is 4.26. The number of ether oxygens (including phenoxy) is 2. The minimum absolute atomic E-state index is 0.0459. The molecule has 0 unspecified atom stereocenters. The van der Waals surface area contributed by atoms with Crippen LogP contribution in [0.2, 0.25) is 0 Å². The molecule has 2 rings (SSSR count). The molecule has 0 heterocycles. The highest BCUT2D eigenvalue weighted by Crippen LogP contribution is 2.30. The molecule has 0 bridgehead atoms. The summed E-state index contributed by atoms with van der Waals surface area (Å²) < 4.78 is 34.3. The monoisotopic (exact) mass is 295 g/mol. The predicted molar refractivity (Wildman–Crippen MR) is 75.1 cm³/mol. The van der Waals surface area contributed by atoms with Gasteiger partial charge in [0.05, 0.1) is 12.8 Å². The summed E-state index contributed by atoms with van der Waals surface area (Å²) in [6.07, 6.45) is 0. The molecular weight excluding hydrogens is 280 g/mol. The van der Waals surface area contributed by atoms with E-state index in [1.54, 1.807) is 36.4 Å². The number of methoxy groups -OCH3 is 1. The molecule has 0 amide bonds. The van der Waals surface area contributed by atoms with E-state index in [-0.39, 0.29) is 11.5 Å². The molecule has 0 radical (unpaired) electrons. The van der Waals surface area contributed by atoms with Crippen LogP contribution in [0, 0.1) is 0 Å². The van der Waals surface area contributed by atoms with Crippen LogP contribution in [-0.4, -0.2) is 18.8 Å². The molecule has 112 valence electrons. The van der Waals surface area contributed by atoms with E-state index in [0.29, 0.717) is 18.0 Å². The van der Waals surface area contributed by atoms with Crippen molar-refractivity contribution in [2.24, 2.45) is 0 Å². The number of alkyl halides is 2. The fourth-order valence-electron chi connectivity index (χ4n) is 1.78. The maximum absolute atomic E-state index is 12.4. The fourth-order valence-corrected chi connectivity index (χ4v) is 1.78. The molecule has 0 saturated carbocycles. The Morgan fingerprint density at radius 2 is 1.86 bits per heavy atom. The number of anilines is 1. The molecule has 2 aromatic rings. The molecule has 0 aliphatic rings. The van der Waals surface area contributed by atoms with Crippen molar-refractivity contribution in [3.8, 4) is 17.2 Å². The summed E-state index contributed by atoms with van der Waals surface area (Å²) in [6, 6.07) is 11.1. The van der Waals surface area contributed by atoms with Crippen molar-refractivity contribution in [2.45, 2.75) is 13.2 Å². The van der Waals surface area contributed by atoms with E-state index >= 15 is 0 Å². The quantitative estimate of drug-likeness (QED) is 0.854. The molecule has 0 spiro atoms. The van der Waals surface area contributed by atoms with Crippen LogP contribution in [0.3, 0.4) is 0 Å². The van der Waals surface area contributed by atoms with Crippen LogP contribution in [0.5, 0.6) is 17.2 Å². The summed E-state index contributed by atoms with van der Waals surface area (Å²) >= 11 is 0. The third kappa shape index (κ3) is 4.24. The van der Waals surface area contributed by atoms with Gasteiger partial charge in [0.1, 0.15) is 17.2 Å². The van der Waals surface area contributed by atoms with Gasteiger partial charge in [0.25, 0.3) is 0 Å². The van der Waals surface area contributed by atoms with Gasteiger partial charge in [-0.1, -0.05) is 12.1 Å². The Balaban J connectivity index is 2.14. The molecule has 21 heavy (non-hydrogen) atoms. The number of benzene rings is 2. The van der Waals surface area contributed by atoms with Crippen LogP contribution < -0.4 is 14.8 Å². The van der Waals surface area contributed by atoms with E-state index in [1.165, 1.54) is 13.2 Å². The number of rotatable bonds is 6. The molecule has 4 nitrogen and oxygen atoms in total. The first-order chi connectivity index (χ1) is 10.1. The van der Waals surface area contributed by atoms with Crippen LogP contribution >= 0.6 is 0 Å². The second-order valence-electron chi connectivity index (χ2n) is 4.26. The smallest absolute Gasteiger partial charge is 0.387 e. The topological polar surface area (TPSA) is 50.7 Å². The first-order valence-corrected chi connectivity index (χ1v) is 6.23. The minimum atomic E-state index is -2.90. The van der Waals surface area contributed by atoms with E-state index in [4.69, 9.17) is 4.74 Å². The van der Waals surface area contributed by atoms with Crippen molar-refractivity contribution in [2.75, 3.05) is 12.4 Å². The van der Waals surface area contributed by atoms with Crippen molar-refractivity contribution >= 4 is 5.69 Å². The van der Waals surface area contributed by atoms with Gasteiger partial charge >= 0.3 is 6.61 Å². The maximum atomic E-state index is 12.4. The fraction of sp³-hybridized carbons (Fsp3) is 0.200. The van der Waals surface area contributed by atoms with Gasteiger partial charge in [-0.15, -0.1) is 0 Å². The lowest BCUT2D eigenvalue weighted by Gasteiger charge is -2.14. The Bertz CT molecular complexity index is 588. The highest BCUT2D eigenvalue weighted by atomic mass is 19.3. The Labute approximate surface area is 120 Å². The number of aromatic hydroxyl groups is 1. The van der Waals surface area contributed by atoms with Crippen molar-refractivity contribution in [1.82, 2.24) is 0 Å². The summed E-state index contributed by atoms with van der Waals surface area (Å²) in [5.74, 6) is 0.747. The summed E-state index contributed by atoms with van der Waals surface area (Å²) in [5.41, 5.74) is 1.29. The summed E-state index contributed by atoms with van der Waals surface area (Å²) in [4.78, 5) is 0. The molecule has 0 aliphatic heterocycles. The van der Waals surface area contributed by atoms with E-state index in [2.05, 4.69) is 10.1 Å². The van der Waals surface area contributed by atoms with E-state index in [0.717, 1.165) is 5.56 Å². The lowest BCUT2D eigenvalue weighted by atomic mass is 10.2. The van der Waals surface area contributed by atoms with Gasteiger partial charge in [-0.25, -0.2) is 0 Å². The third-order valence-corrected chi connectivity index (χ3v) is 2.82. The largest absolute Gasteiger partial charge is 0.508 e. The SMILES string of the molecule is COc1ccc(OC(F)F)c(NCc2ccc(O)cc2)c1. The summed E-state index contributed by atoms with van der Waals surface area (Å²) in [5, 5.41) is 12.2. The van der Waals surface area contributed by atoms with Crippen molar-refractivity contribution < 1.29 is 23.4 Å². The Hall–Kier alpha value is -2.50. The van der Waals surface area contributed by atoms with Crippen LogP contribution in [0.25, 0.3) is 0 Å². The zero-order valence-corrected chi connectivity index (χ0v) is 11.3. The number of hydrogen-bond acceptors (Lipinski definition) is 4. The standard InChI is InChI=1S/C15H15F2NO3/c1-20-12-6-7-14(21-15(16)17)13(8-12)18-9-10-2-4-11(19)5-3-10/h2-8,15,18-19H,9H2,1H3. The highest BCUT2D eigenvalue weighted by molar-refractivity contribution is 5.60. The maximum Gasteiger partial charge on any atom is 0.387 e. The van der Waals surface area contributed by atoms with Gasteiger partial charge in [0.15, 0.2) is 0 Å². The normalized spacial score (nSPS) is 10.5. The van der Waals surface area contributed by atoms with Gasteiger partial charge < -0.3 is 19.9 Å². The first kappa shape index (κ1) is 14.9. The molecule has 6 heteroatoms. The van der Waals surface area contributed by atoms with Crippen LogP contribution in [0.4, 0.5) is 14.5 Å². The Kier molecular flexibility index (Phi) is 4.81. The van der Waals surface area contributed by atoms with E-state index in [1.807, 2.05) is 0 Å². The molecule has 0 atom stereocenters.